The number of carbonyl (C=O) groups is 3. The highest BCUT2D eigenvalue weighted by molar-refractivity contribution is 6.35. The third-order valence-electron chi connectivity index (χ3n) is 5.34. The number of aromatic amines is 1. The molecule has 3 aromatic rings. The molecule has 2 aromatic carbocycles. The number of nitrogens with one attached hydrogen (secondary N) is 4. The molecule has 0 saturated carbocycles. The van der Waals surface area contributed by atoms with Crippen molar-refractivity contribution in [2.24, 2.45) is 0 Å². The number of rotatable bonds is 5. The van der Waals surface area contributed by atoms with Crippen LogP contribution < -0.4 is 16.0 Å². The molecule has 0 fully saturated rings. The van der Waals surface area contributed by atoms with Gasteiger partial charge in [-0.3, -0.25) is 9.59 Å². The van der Waals surface area contributed by atoms with Gasteiger partial charge in [0.2, 0.25) is 0 Å². The van der Waals surface area contributed by atoms with Crippen molar-refractivity contribution >= 4 is 46.6 Å². The molecule has 0 unspecified atom stereocenters. The fourth-order valence-electron chi connectivity index (χ4n) is 3.75. The predicted molar refractivity (Wildman–Crippen MR) is 124 cm³/mol. The standard InChI is InChI=1S/C24H22N4O4/c1-13-18(12-22(29)30)14(2)25-20(13)11-19-17-9-8-16(10-21(17)28-23(19)31)27-24(32)26-15-6-4-3-5-7-15/h3-11,25H,12H2,1-2H3,(H,28,31)(H,29,30)(H2,26,27,32). The summed E-state index contributed by atoms with van der Waals surface area (Å²) in [6, 6.07) is 13.9. The summed E-state index contributed by atoms with van der Waals surface area (Å²) in [6.45, 7) is 3.65. The van der Waals surface area contributed by atoms with Gasteiger partial charge >= 0.3 is 12.0 Å². The van der Waals surface area contributed by atoms with Crippen LogP contribution in [0.5, 0.6) is 0 Å². The van der Waals surface area contributed by atoms with Crippen LogP contribution in [-0.2, 0) is 16.0 Å². The van der Waals surface area contributed by atoms with Crippen LogP contribution in [0.4, 0.5) is 21.9 Å². The lowest BCUT2D eigenvalue weighted by atomic mass is 10.0. The molecule has 0 radical (unpaired) electrons. The minimum atomic E-state index is -0.908. The summed E-state index contributed by atoms with van der Waals surface area (Å²) in [6.07, 6.45) is 1.64. The van der Waals surface area contributed by atoms with Gasteiger partial charge in [-0.05, 0) is 55.3 Å². The van der Waals surface area contributed by atoms with Crippen LogP contribution >= 0.6 is 0 Å². The zero-order valence-corrected chi connectivity index (χ0v) is 17.6. The van der Waals surface area contributed by atoms with Gasteiger partial charge in [-0.25, -0.2) is 4.79 Å². The van der Waals surface area contributed by atoms with Gasteiger partial charge in [0, 0.05) is 28.3 Å². The third-order valence-corrected chi connectivity index (χ3v) is 5.34. The molecular formula is C24H22N4O4. The minimum absolute atomic E-state index is 0.0831. The summed E-state index contributed by atoms with van der Waals surface area (Å²) >= 11 is 0. The molecule has 8 heteroatoms. The molecule has 8 nitrogen and oxygen atoms in total. The van der Waals surface area contributed by atoms with E-state index in [0.717, 1.165) is 11.3 Å². The van der Waals surface area contributed by atoms with E-state index in [1.165, 1.54) is 0 Å². The molecule has 1 aromatic heterocycles. The number of hydrogen-bond acceptors (Lipinski definition) is 3. The summed E-state index contributed by atoms with van der Waals surface area (Å²) in [5, 5.41) is 17.4. The number of aliphatic carboxylic acids is 1. The largest absolute Gasteiger partial charge is 0.481 e. The molecular weight excluding hydrogens is 408 g/mol. The molecule has 4 rings (SSSR count). The number of aryl methyl sites for hydroxylation is 1. The highest BCUT2D eigenvalue weighted by Crippen LogP contribution is 2.35. The van der Waals surface area contributed by atoms with E-state index in [1.54, 1.807) is 36.4 Å². The summed E-state index contributed by atoms with van der Waals surface area (Å²) in [5.74, 6) is -1.17. The van der Waals surface area contributed by atoms with Gasteiger partial charge in [0.15, 0.2) is 0 Å². The highest BCUT2D eigenvalue weighted by atomic mass is 16.4. The number of carboxylic acid groups (broad SMARTS) is 1. The van der Waals surface area contributed by atoms with E-state index >= 15 is 0 Å². The lowest BCUT2D eigenvalue weighted by molar-refractivity contribution is -0.136. The molecule has 0 spiro atoms. The Kier molecular flexibility index (Phi) is 5.51. The monoisotopic (exact) mass is 430 g/mol. The topological polar surface area (TPSA) is 123 Å². The Morgan fingerprint density at radius 1 is 1.03 bits per heavy atom. The normalized spacial score (nSPS) is 13.6. The fraction of sp³-hybridized carbons (Fsp3) is 0.125. The minimum Gasteiger partial charge on any atom is -0.481 e. The maximum absolute atomic E-state index is 12.6. The van der Waals surface area contributed by atoms with E-state index in [-0.39, 0.29) is 18.4 Å². The first-order chi connectivity index (χ1) is 15.3. The summed E-state index contributed by atoms with van der Waals surface area (Å²) in [7, 11) is 0. The quantitative estimate of drug-likeness (QED) is 0.385. The molecule has 0 atom stereocenters. The number of aromatic nitrogens is 1. The molecule has 5 N–H and O–H groups in total. The van der Waals surface area contributed by atoms with E-state index in [0.29, 0.717) is 39.5 Å². The summed E-state index contributed by atoms with van der Waals surface area (Å²) < 4.78 is 0. The van der Waals surface area contributed by atoms with Gasteiger partial charge in [0.25, 0.3) is 5.91 Å². The second kappa shape index (κ2) is 8.43. The van der Waals surface area contributed by atoms with Gasteiger partial charge in [0.1, 0.15) is 0 Å². The molecule has 1 aliphatic heterocycles. The Bertz CT molecular complexity index is 1260. The number of anilines is 3. The molecule has 162 valence electrons. The van der Waals surface area contributed by atoms with Crippen molar-refractivity contribution in [1.29, 1.82) is 0 Å². The maximum atomic E-state index is 12.6. The fourth-order valence-corrected chi connectivity index (χ4v) is 3.75. The van der Waals surface area contributed by atoms with Crippen LogP contribution in [0.3, 0.4) is 0 Å². The van der Waals surface area contributed by atoms with Gasteiger partial charge in [-0.2, -0.15) is 0 Å². The van der Waals surface area contributed by atoms with Crippen LogP contribution in [0.1, 0.15) is 28.1 Å². The van der Waals surface area contributed by atoms with Gasteiger partial charge in [-0.15, -0.1) is 0 Å². The first kappa shape index (κ1) is 20.9. The van der Waals surface area contributed by atoms with Crippen molar-refractivity contribution in [3.05, 3.63) is 76.6 Å². The van der Waals surface area contributed by atoms with Crippen LogP contribution in [-0.4, -0.2) is 28.0 Å². The SMILES string of the molecule is Cc1[nH]c(C=C2C(=O)Nc3cc(NC(=O)Nc4ccccc4)ccc32)c(C)c1CC(=O)O. The number of amides is 3. The van der Waals surface area contributed by atoms with Gasteiger partial charge < -0.3 is 26.0 Å². The smallest absolute Gasteiger partial charge is 0.323 e. The zero-order chi connectivity index (χ0) is 22.8. The lowest BCUT2D eigenvalue weighted by Gasteiger charge is -2.09. The first-order valence-electron chi connectivity index (χ1n) is 10.0. The number of H-pyrrole nitrogens is 1. The zero-order valence-electron chi connectivity index (χ0n) is 17.6. The molecule has 0 aliphatic carbocycles. The Labute approximate surface area is 184 Å². The average Bonchev–Trinajstić information content (AvgIpc) is 3.18. The summed E-state index contributed by atoms with van der Waals surface area (Å²) in [4.78, 5) is 39.1. The van der Waals surface area contributed by atoms with E-state index in [9.17, 15) is 14.4 Å². The Balaban J connectivity index is 1.56. The second-order valence-corrected chi connectivity index (χ2v) is 7.56. The molecule has 1 aliphatic rings. The van der Waals surface area contributed by atoms with Gasteiger partial charge in [0.05, 0.1) is 17.7 Å². The van der Waals surface area contributed by atoms with Crippen molar-refractivity contribution in [2.75, 3.05) is 16.0 Å². The number of carboxylic acids is 1. The van der Waals surface area contributed by atoms with Gasteiger partial charge in [-0.1, -0.05) is 24.3 Å². The van der Waals surface area contributed by atoms with Crippen LogP contribution in [0, 0.1) is 13.8 Å². The van der Waals surface area contributed by atoms with Crippen LogP contribution in [0.25, 0.3) is 11.6 Å². The van der Waals surface area contributed by atoms with Crippen molar-refractivity contribution < 1.29 is 19.5 Å². The average molecular weight is 430 g/mol. The Morgan fingerprint density at radius 3 is 2.47 bits per heavy atom. The Morgan fingerprint density at radius 2 is 1.75 bits per heavy atom. The number of fused-ring (bicyclic) bond motifs is 1. The molecule has 0 saturated heterocycles. The van der Waals surface area contributed by atoms with Crippen LogP contribution in [0.15, 0.2) is 48.5 Å². The van der Waals surface area contributed by atoms with E-state index in [1.807, 2.05) is 32.0 Å². The number of urea groups is 1. The number of hydrogen-bond donors (Lipinski definition) is 5. The van der Waals surface area contributed by atoms with E-state index in [4.69, 9.17) is 5.11 Å². The number of carbonyl (C=O) groups excluding carboxylic acids is 2. The molecule has 32 heavy (non-hydrogen) atoms. The number of benzene rings is 2. The van der Waals surface area contributed by atoms with Crippen molar-refractivity contribution in [1.82, 2.24) is 4.98 Å². The first-order valence-corrected chi connectivity index (χ1v) is 10.0. The van der Waals surface area contributed by atoms with Crippen molar-refractivity contribution in [3.8, 4) is 0 Å². The number of para-hydroxylation sites is 1. The summed E-state index contributed by atoms with van der Waals surface area (Å²) in [5.41, 5.74) is 5.94. The molecule has 0 bridgehead atoms. The van der Waals surface area contributed by atoms with E-state index < -0.39 is 5.97 Å². The molecule has 2 heterocycles. The second-order valence-electron chi connectivity index (χ2n) is 7.56. The van der Waals surface area contributed by atoms with Crippen LogP contribution in [0.2, 0.25) is 0 Å². The maximum Gasteiger partial charge on any atom is 0.323 e. The van der Waals surface area contributed by atoms with Crippen molar-refractivity contribution in [2.45, 2.75) is 20.3 Å². The highest BCUT2D eigenvalue weighted by Gasteiger charge is 2.25. The van der Waals surface area contributed by atoms with E-state index in [2.05, 4.69) is 20.9 Å². The lowest BCUT2D eigenvalue weighted by Crippen LogP contribution is -2.19. The third kappa shape index (κ3) is 4.24. The predicted octanol–water partition coefficient (Wildman–Crippen LogP) is 4.40. The Hall–Kier alpha value is -4.33. The van der Waals surface area contributed by atoms with Crippen molar-refractivity contribution in [3.63, 3.8) is 0 Å². The molecule has 3 amide bonds.